The minimum absolute atomic E-state index is 0. The van der Waals surface area contributed by atoms with Crippen LogP contribution < -0.4 is 17.3 Å². The fourth-order valence-corrected chi connectivity index (χ4v) is 1.77. The average Bonchev–Trinajstić information content (AvgIpc) is 2.57. The highest BCUT2D eigenvalue weighted by molar-refractivity contribution is 6.32. The van der Waals surface area contributed by atoms with Gasteiger partial charge in [0.15, 0.2) is 12.0 Å². The first-order chi connectivity index (χ1) is 6.29. The lowest BCUT2D eigenvalue weighted by molar-refractivity contribution is -0.655. The Bertz CT molecular complexity index is 353. The zero-order valence-electron chi connectivity index (χ0n) is 7.67. The van der Waals surface area contributed by atoms with Crippen LogP contribution in [0.4, 0.5) is 5.69 Å². The molecule has 0 saturated carbocycles. The number of aliphatic imine (C=N–C) groups is 1. The van der Waals surface area contributed by atoms with E-state index in [4.69, 9.17) is 11.6 Å². The molecule has 1 heterocycles. The number of hydrogen-bond acceptors (Lipinski definition) is 1. The quantitative estimate of drug-likeness (QED) is 0.615. The van der Waals surface area contributed by atoms with E-state index in [-0.39, 0.29) is 12.4 Å². The summed E-state index contributed by atoms with van der Waals surface area (Å²) in [5.41, 5.74) is 2.27. The molecule has 0 fully saturated rings. The molecule has 0 spiro atoms. The van der Waals surface area contributed by atoms with Gasteiger partial charge in [-0.25, -0.2) is 9.89 Å². The molecule has 0 saturated heterocycles. The summed E-state index contributed by atoms with van der Waals surface area (Å²) in [7, 11) is 0. The zero-order chi connectivity index (χ0) is 9.26. The molecular weight excluding hydrogens is 219 g/mol. The first-order valence-electron chi connectivity index (χ1n) is 4.11. The third-order valence-corrected chi connectivity index (χ3v) is 2.38. The predicted octanol–water partition coefficient (Wildman–Crippen LogP) is -1.32. The van der Waals surface area contributed by atoms with Gasteiger partial charge in [-0.2, -0.15) is 0 Å². The summed E-state index contributed by atoms with van der Waals surface area (Å²) in [4.78, 5) is 5.11. The highest BCUT2D eigenvalue weighted by Gasteiger charge is 2.16. The number of benzene rings is 1. The maximum Gasteiger partial charge on any atom is 0.198 e. The van der Waals surface area contributed by atoms with Crippen molar-refractivity contribution in [2.24, 2.45) is 4.99 Å². The van der Waals surface area contributed by atoms with Gasteiger partial charge in [0.1, 0.15) is 11.2 Å². The fourth-order valence-electron chi connectivity index (χ4n) is 1.44. The fraction of sp³-hybridized carbons (Fsp3) is 0.100. The molecule has 1 N–H and O–H groups in total. The molecule has 0 aromatic heterocycles. The number of para-hydroxylation sites is 1. The highest BCUT2D eigenvalue weighted by atomic mass is 35.5. The number of halogens is 2. The van der Waals surface area contributed by atoms with Crippen LogP contribution in [-0.4, -0.2) is 6.34 Å². The molecule has 74 valence electrons. The van der Waals surface area contributed by atoms with Gasteiger partial charge in [0.2, 0.25) is 0 Å². The lowest BCUT2D eigenvalue weighted by Crippen LogP contribution is -3.00. The number of nitrogens with zero attached hydrogens (tertiary/aromatic N) is 1. The number of quaternary nitrogens is 1. The number of aryl methyl sites for hydroxylation is 1. The zero-order valence-corrected chi connectivity index (χ0v) is 9.18. The number of hydrogen-bond donors (Lipinski definition) is 1. The average molecular weight is 229 g/mol. The first kappa shape index (κ1) is 11.2. The van der Waals surface area contributed by atoms with Gasteiger partial charge in [0.25, 0.3) is 0 Å². The van der Waals surface area contributed by atoms with Gasteiger partial charge in [0, 0.05) is 5.56 Å². The summed E-state index contributed by atoms with van der Waals surface area (Å²) in [6.45, 7) is 2.05. The summed E-state index contributed by atoms with van der Waals surface area (Å²) >= 11 is 6.09. The van der Waals surface area contributed by atoms with Gasteiger partial charge in [-0.1, -0.05) is 23.7 Å². The highest BCUT2D eigenvalue weighted by Crippen LogP contribution is 2.21. The van der Waals surface area contributed by atoms with Gasteiger partial charge < -0.3 is 12.4 Å². The molecule has 4 heteroatoms. The second-order valence-electron chi connectivity index (χ2n) is 2.98. The van der Waals surface area contributed by atoms with Crippen LogP contribution in [0.5, 0.6) is 0 Å². The molecule has 0 bridgehead atoms. The Morgan fingerprint density at radius 1 is 1.36 bits per heavy atom. The Morgan fingerprint density at radius 3 is 2.71 bits per heavy atom. The summed E-state index contributed by atoms with van der Waals surface area (Å²) in [5, 5.41) is 0.785. The maximum atomic E-state index is 6.09. The van der Waals surface area contributed by atoms with E-state index in [0.717, 1.165) is 15.6 Å². The third kappa shape index (κ3) is 1.98. The Kier molecular flexibility index (Phi) is 3.69. The van der Waals surface area contributed by atoms with Crippen molar-refractivity contribution in [3.63, 3.8) is 0 Å². The molecule has 0 amide bonds. The summed E-state index contributed by atoms with van der Waals surface area (Å²) < 4.78 is 0. The van der Waals surface area contributed by atoms with E-state index in [1.54, 1.807) is 6.20 Å². The molecule has 1 aromatic rings. The Balaban J connectivity index is 0.000000980. The second kappa shape index (κ2) is 4.60. The van der Waals surface area contributed by atoms with E-state index in [1.165, 1.54) is 5.56 Å². The molecular formula is C10H10Cl2N2. The van der Waals surface area contributed by atoms with Crippen molar-refractivity contribution < 1.29 is 17.3 Å². The van der Waals surface area contributed by atoms with E-state index in [1.807, 2.05) is 37.7 Å². The monoisotopic (exact) mass is 228 g/mol. The minimum Gasteiger partial charge on any atom is -1.00 e. The standard InChI is InChI=1S/C10H9ClN2.ClH/c1-8-3-2-4-9(11)10(8)13-6-5-12-7-13;/h2-7H,1H3;1H. The Labute approximate surface area is 94.3 Å². The van der Waals surface area contributed by atoms with Gasteiger partial charge >= 0.3 is 0 Å². The summed E-state index contributed by atoms with van der Waals surface area (Å²) in [6, 6.07) is 5.91. The Hall–Kier alpha value is -0.830. The number of rotatable bonds is 1. The van der Waals surface area contributed by atoms with Crippen molar-refractivity contribution >= 4 is 23.6 Å². The van der Waals surface area contributed by atoms with Crippen LogP contribution in [0.2, 0.25) is 5.02 Å². The lowest BCUT2D eigenvalue weighted by Gasteiger charge is -2.09. The summed E-state index contributed by atoms with van der Waals surface area (Å²) in [6.07, 6.45) is 5.57. The summed E-state index contributed by atoms with van der Waals surface area (Å²) in [5.74, 6) is 0. The van der Waals surface area contributed by atoms with Gasteiger partial charge in [-0.05, 0) is 13.0 Å². The second-order valence-corrected chi connectivity index (χ2v) is 3.39. The molecule has 1 atom stereocenters. The molecule has 1 aliphatic heterocycles. The van der Waals surface area contributed by atoms with Crippen LogP contribution >= 0.6 is 11.6 Å². The molecule has 2 nitrogen and oxygen atoms in total. The van der Waals surface area contributed by atoms with Gasteiger partial charge in [-0.3, -0.25) is 0 Å². The topological polar surface area (TPSA) is 16.8 Å². The van der Waals surface area contributed by atoms with E-state index in [9.17, 15) is 0 Å². The van der Waals surface area contributed by atoms with Gasteiger partial charge in [-0.15, -0.1) is 0 Å². The van der Waals surface area contributed by atoms with E-state index >= 15 is 0 Å². The molecule has 2 rings (SSSR count). The molecule has 14 heavy (non-hydrogen) atoms. The normalized spacial score (nSPS) is 18.3. The minimum atomic E-state index is 0. The van der Waals surface area contributed by atoms with Crippen molar-refractivity contribution in [2.75, 3.05) is 0 Å². The molecule has 1 unspecified atom stereocenters. The molecule has 0 aliphatic carbocycles. The van der Waals surface area contributed by atoms with Crippen LogP contribution in [0.3, 0.4) is 0 Å². The number of nitrogens with one attached hydrogen (secondary N) is 1. The predicted molar refractivity (Wildman–Crippen MR) is 54.4 cm³/mol. The van der Waals surface area contributed by atoms with E-state index < -0.39 is 0 Å². The van der Waals surface area contributed by atoms with E-state index in [0.29, 0.717) is 0 Å². The van der Waals surface area contributed by atoms with Gasteiger partial charge in [0.05, 0.1) is 6.20 Å². The molecule has 1 aliphatic rings. The maximum absolute atomic E-state index is 6.09. The smallest absolute Gasteiger partial charge is 0.198 e. The van der Waals surface area contributed by atoms with Crippen molar-refractivity contribution in [2.45, 2.75) is 6.92 Å². The van der Waals surface area contributed by atoms with Crippen LogP contribution in [0, 0.1) is 6.92 Å². The largest absolute Gasteiger partial charge is 1.00 e. The first-order valence-corrected chi connectivity index (χ1v) is 4.49. The van der Waals surface area contributed by atoms with Crippen molar-refractivity contribution in [1.82, 2.24) is 0 Å². The van der Waals surface area contributed by atoms with Crippen LogP contribution in [-0.2, 0) is 0 Å². The van der Waals surface area contributed by atoms with Crippen molar-refractivity contribution in [1.29, 1.82) is 0 Å². The van der Waals surface area contributed by atoms with Crippen molar-refractivity contribution in [3.8, 4) is 0 Å². The SMILES string of the molecule is Cc1cccc(Cl)c1[NH+]1C=CN=C1.[Cl-]. The lowest BCUT2D eigenvalue weighted by atomic mass is 10.2. The van der Waals surface area contributed by atoms with Crippen molar-refractivity contribution in [3.05, 3.63) is 41.2 Å². The third-order valence-electron chi connectivity index (χ3n) is 2.06. The molecule has 1 aromatic carbocycles. The van der Waals surface area contributed by atoms with E-state index in [2.05, 4.69) is 4.99 Å². The van der Waals surface area contributed by atoms with Crippen LogP contribution in [0.25, 0.3) is 0 Å². The Morgan fingerprint density at radius 2 is 2.14 bits per heavy atom. The van der Waals surface area contributed by atoms with Crippen LogP contribution in [0.1, 0.15) is 5.56 Å². The van der Waals surface area contributed by atoms with Crippen LogP contribution in [0.15, 0.2) is 35.6 Å². The molecule has 0 radical (unpaired) electrons.